The maximum absolute atomic E-state index is 14.5. The minimum absolute atomic E-state index is 0.00227. The minimum Gasteiger partial charge on any atom is -0.378 e. The summed E-state index contributed by atoms with van der Waals surface area (Å²) in [5.74, 6) is -2.56. The van der Waals surface area contributed by atoms with E-state index in [0.717, 1.165) is 37.8 Å². The van der Waals surface area contributed by atoms with Gasteiger partial charge in [0.1, 0.15) is 12.1 Å². The van der Waals surface area contributed by atoms with Gasteiger partial charge in [0.2, 0.25) is 17.6 Å². The first-order valence-electron chi connectivity index (χ1n) is 18.9. The summed E-state index contributed by atoms with van der Waals surface area (Å²) in [5.41, 5.74) is 0.702. The Morgan fingerprint density at radius 2 is 1.58 bits per heavy atom. The maximum atomic E-state index is 14.5. The summed E-state index contributed by atoms with van der Waals surface area (Å²) in [7, 11) is 3.86. The van der Waals surface area contributed by atoms with Crippen LogP contribution in [0.3, 0.4) is 0 Å². The van der Waals surface area contributed by atoms with Gasteiger partial charge in [-0.25, -0.2) is 4.79 Å². The third kappa shape index (κ3) is 11.1. The summed E-state index contributed by atoms with van der Waals surface area (Å²) in [6.45, 7) is 15.4. The second kappa shape index (κ2) is 19.0. The van der Waals surface area contributed by atoms with Gasteiger partial charge in [0.15, 0.2) is 5.78 Å². The van der Waals surface area contributed by atoms with Gasteiger partial charge in [-0.1, -0.05) is 73.3 Å². The fraction of sp³-hybridized carbons (Fsp3) is 0.650. The molecule has 1 aromatic carbocycles. The van der Waals surface area contributed by atoms with Crippen LogP contribution < -0.4 is 26.2 Å². The Balaban J connectivity index is 1.86. The fourth-order valence-electron chi connectivity index (χ4n) is 7.18. The Morgan fingerprint density at radius 1 is 0.942 bits per heavy atom. The molecule has 5 atom stereocenters. The third-order valence-electron chi connectivity index (χ3n) is 10.4. The van der Waals surface area contributed by atoms with Crippen LogP contribution in [0.4, 0.5) is 10.5 Å². The van der Waals surface area contributed by atoms with Crippen molar-refractivity contribution in [3.63, 3.8) is 0 Å². The molecule has 1 saturated carbocycles. The van der Waals surface area contributed by atoms with E-state index in [1.165, 1.54) is 11.0 Å². The number of nitrogens with one attached hydrogen (secondary N) is 4. The second-order valence-corrected chi connectivity index (χ2v) is 16.1. The number of hydrogen-bond acceptors (Lipinski definition) is 7. The van der Waals surface area contributed by atoms with E-state index in [-0.39, 0.29) is 36.5 Å². The Morgan fingerprint density at radius 3 is 2.12 bits per heavy atom. The molecule has 4 N–H and O–H groups in total. The minimum atomic E-state index is -1.05. The highest BCUT2D eigenvalue weighted by Gasteiger charge is 2.46. The predicted octanol–water partition coefficient (Wildman–Crippen LogP) is 4.63. The number of ketones is 2. The van der Waals surface area contributed by atoms with Crippen molar-refractivity contribution in [2.75, 3.05) is 32.1 Å². The first-order valence-corrected chi connectivity index (χ1v) is 18.9. The number of hydrogen-bond donors (Lipinski definition) is 4. The lowest BCUT2D eigenvalue weighted by Gasteiger charge is -2.36. The van der Waals surface area contributed by atoms with Crippen LogP contribution in [0.25, 0.3) is 0 Å². The van der Waals surface area contributed by atoms with Crippen molar-refractivity contribution in [3.8, 4) is 0 Å². The van der Waals surface area contributed by atoms with E-state index in [1.807, 2.05) is 72.7 Å². The van der Waals surface area contributed by atoms with E-state index < -0.39 is 59.1 Å². The molecule has 3 rings (SSSR count). The van der Waals surface area contributed by atoms with Crippen LogP contribution in [-0.4, -0.2) is 91.6 Å². The molecule has 0 spiro atoms. The zero-order valence-electron chi connectivity index (χ0n) is 32.6. The molecule has 2 fully saturated rings. The molecule has 0 bridgehead atoms. The van der Waals surface area contributed by atoms with E-state index in [0.29, 0.717) is 24.9 Å². The lowest BCUT2D eigenvalue weighted by molar-refractivity contribution is -0.143. The zero-order valence-corrected chi connectivity index (χ0v) is 32.6. The molecule has 2 aliphatic rings. The Bertz CT molecular complexity index is 1430. The number of carbonyl (C=O) groups is 6. The summed E-state index contributed by atoms with van der Waals surface area (Å²) in [4.78, 5) is 85.2. The molecule has 1 aliphatic heterocycles. The number of anilines is 1. The van der Waals surface area contributed by atoms with Crippen molar-refractivity contribution in [2.24, 2.45) is 23.2 Å². The number of Topliss-reactive ketones (excluding diaryl/α,β-unsaturated/α-hetero) is 2. The summed E-state index contributed by atoms with van der Waals surface area (Å²) in [6.07, 6.45) is 7.29. The van der Waals surface area contributed by atoms with Gasteiger partial charge in [0.05, 0.1) is 12.1 Å². The van der Waals surface area contributed by atoms with Crippen molar-refractivity contribution in [1.29, 1.82) is 0 Å². The van der Waals surface area contributed by atoms with E-state index >= 15 is 0 Å². The van der Waals surface area contributed by atoms with Gasteiger partial charge >= 0.3 is 6.03 Å². The molecule has 1 unspecified atom stereocenters. The summed E-state index contributed by atoms with van der Waals surface area (Å²) >= 11 is 0. The number of rotatable bonds is 16. The van der Waals surface area contributed by atoms with E-state index in [1.54, 1.807) is 12.1 Å². The number of urea groups is 1. The number of nitrogens with zero attached hydrogens (tertiary/aromatic N) is 2. The summed E-state index contributed by atoms with van der Waals surface area (Å²) < 4.78 is 0. The van der Waals surface area contributed by atoms with Gasteiger partial charge in [0.25, 0.3) is 5.91 Å². The average Bonchev–Trinajstić information content (AvgIpc) is 3.57. The van der Waals surface area contributed by atoms with Crippen LogP contribution in [0.1, 0.15) is 103 Å². The highest BCUT2D eigenvalue weighted by atomic mass is 16.2. The summed E-state index contributed by atoms with van der Waals surface area (Å²) in [5, 5.41) is 11.1. The molecule has 12 heteroatoms. The highest BCUT2D eigenvalue weighted by molar-refractivity contribution is 6.38. The van der Waals surface area contributed by atoms with Crippen LogP contribution in [-0.2, 0) is 19.2 Å². The lowest BCUT2D eigenvalue weighted by atomic mass is 9.81. The Hall–Kier alpha value is -4.22. The molecule has 0 aromatic heterocycles. The first kappa shape index (κ1) is 42.2. The van der Waals surface area contributed by atoms with E-state index in [9.17, 15) is 28.8 Å². The van der Waals surface area contributed by atoms with Crippen molar-refractivity contribution >= 4 is 41.0 Å². The van der Waals surface area contributed by atoms with Crippen LogP contribution in [0.2, 0.25) is 0 Å². The number of benzene rings is 1. The van der Waals surface area contributed by atoms with Gasteiger partial charge in [-0.05, 0) is 73.1 Å². The molecule has 0 radical (unpaired) electrons. The maximum Gasteiger partial charge on any atom is 0.316 e. The normalized spacial score (nSPS) is 19.6. The van der Waals surface area contributed by atoms with Crippen molar-refractivity contribution in [3.05, 3.63) is 42.5 Å². The largest absolute Gasteiger partial charge is 0.378 e. The van der Waals surface area contributed by atoms with Gasteiger partial charge in [0, 0.05) is 38.4 Å². The molecule has 12 nitrogen and oxygen atoms in total. The van der Waals surface area contributed by atoms with Gasteiger partial charge in [-0.2, -0.15) is 0 Å². The monoisotopic (exact) mass is 722 g/mol. The molecule has 52 heavy (non-hydrogen) atoms. The SMILES string of the molecule is C=CCNC(=O)C(=O)C(CCC)NC(=O)[C@@H]1C[C@@H](C(C)C)CN1C(=O)[C@@H](NC(=O)N[C@H](C(=O)c1ccc(N(C)C)cc1)C1CCCCC1)C(C)(C)C. The summed E-state index contributed by atoms with van der Waals surface area (Å²) in [6, 6.07) is 2.95. The zero-order chi connectivity index (χ0) is 38.7. The number of likely N-dealkylation sites (tertiary alicyclic amines) is 1. The second-order valence-electron chi connectivity index (χ2n) is 16.1. The molecule has 1 heterocycles. The Kier molecular flexibility index (Phi) is 15.4. The topological polar surface area (TPSA) is 157 Å². The molecule has 288 valence electrons. The van der Waals surface area contributed by atoms with Gasteiger partial charge in [-0.15, -0.1) is 6.58 Å². The molecular formula is C40H62N6O6. The van der Waals surface area contributed by atoms with Crippen LogP contribution in [0.15, 0.2) is 36.9 Å². The lowest BCUT2D eigenvalue weighted by Crippen LogP contribution is -2.61. The standard InChI is InChI=1S/C40H62N6O6/c1-10-15-30(34(48)37(50)41-22-11-2)42-36(49)31-23-28(25(3)4)24-46(31)38(51)35(40(5,6)7)44-39(52)43-32(26-16-13-12-14-17-26)33(47)27-18-20-29(21-19-27)45(8)9/h11,18-21,25-26,28,30-32,35H,2,10,12-17,22-24H2,1,3-9H3,(H,41,50)(H,42,49)(H2,43,44,52)/t28-,30?,31+,32+,35-/m1/s1. The van der Waals surface area contributed by atoms with Gasteiger partial charge in [-0.3, -0.25) is 24.0 Å². The molecular weight excluding hydrogens is 660 g/mol. The predicted molar refractivity (Wildman–Crippen MR) is 204 cm³/mol. The number of carbonyl (C=O) groups excluding carboxylic acids is 6. The molecule has 5 amide bonds. The third-order valence-corrected chi connectivity index (χ3v) is 10.4. The highest BCUT2D eigenvalue weighted by Crippen LogP contribution is 2.33. The van der Waals surface area contributed by atoms with E-state index in [4.69, 9.17) is 0 Å². The van der Waals surface area contributed by atoms with Crippen LogP contribution in [0, 0.1) is 23.2 Å². The van der Waals surface area contributed by atoms with Crippen molar-refractivity contribution < 1.29 is 28.8 Å². The van der Waals surface area contributed by atoms with Crippen molar-refractivity contribution in [2.45, 2.75) is 117 Å². The molecule has 1 saturated heterocycles. The Labute approximate surface area is 310 Å². The average molecular weight is 723 g/mol. The van der Waals surface area contributed by atoms with Crippen LogP contribution >= 0.6 is 0 Å². The van der Waals surface area contributed by atoms with Crippen LogP contribution in [0.5, 0.6) is 0 Å². The smallest absolute Gasteiger partial charge is 0.316 e. The fourth-order valence-corrected chi connectivity index (χ4v) is 7.18. The first-order chi connectivity index (χ1) is 24.5. The van der Waals surface area contributed by atoms with Crippen molar-refractivity contribution in [1.82, 2.24) is 26.2 Å². The number of amides is 5. The quantitative estimate of drug-likeness (QED) is 0.110. The molecule has 1 aliphatic carbocycles. The van der Waals surface area contributed by atoms with E-state index in [2.05, 4.69) is 27.8 Å². The van der Waals surface area contributed by atoms with Gasteiger partial charge < -0.3 is 31.1 Å². The molecule has 1 aromatic rings.